The van der Waals surface area contributed by atoms with Gasteiger partial charge in [0.2, 0.25) is 0 Å². The minimum Gasteiger partial charge on any atom is -0.330 e. The molecule has 1 fully saturated rings. The fourth-order valence-corrected chi connectivity index (χ4v) is 1.96. The Bertz CT molecular complexity index is 183. The van der Waals surface area contributed by atoms with Crippen LogP contribution in [0.3, 0.4) is 0 Å². The Hall–Kier alpha value is -0.0800. The highest BCUT2D eigenvalue weighted by molar-refractivity contribution is 4.97. The smallest absolute Gasteiger partial charge is 0.0147 e. The van der Waals surface area contributed by atoms with E-state index >= 15 is 0 Å². The maximum absolute atomic E-state index is 5.65. The average Bonchev–Trinajstić information content (AvgIpc) is 2.85. The van der Waals surface area contributed by atoms with Crippen LogP contribution >= 0.6 is 0 Å². The highest BCUT2D eigenvalue weighted by Crippen LogP contribution is 2.49. The molecule has 0 bridgehead atoms. The standard InChI is InChI=1S/C12H26N2/c1-5-11(2,3)14(4)10-12(6-7-12)8-9-13/h5-10,13H2,1-4H3. The molecule has 2 N–H and O–H groups in total. The minimum absolute atomic E-state index is 0.337. The molecular formula is C12H26N2. The molecule has 1 saturated carbocycles. The molecule has 0 heterocycles. The number of nitrogens with zero attached hydrogens (tertiary/aromatic N) is 1. The normalized spacial score (nSPS) is 20.1. The van der Waals surface area contributed by atoms with Gasteiger partial charge in [-0.25, -0.2) is 0 Å². The zero-order valence-electron chi connectivity index (χ0n) is 10.3. The van der Waals surface area contributed by atoms with Gasteiger partial charge >= 0.3 is 0 Å². The summed E-state index contributed by atoms with van der Waals surface area (Å²) in [5.41, 5.74) is 6.57. The molecule has 84 valence electrons. The second kappa shape index (κ2) is 4.19. The van der Waals surface area contributed by atoms with Gasteiger partial charge in [0, 0.05) is 12.1 Å². The number of hydrogen-bond acceptors (Lipinski definition) is 2. The van der Waals surface area contributed by atoms with Crippen LogP contribution in [0.4, 0.5) is 0 Å². The molecule has 0 radical (unpaired) electrons. The van der Waals surface area contributed by atoms with Crippen molar-refractivity contribution >= 4 is 0 Å². The van der Waals surface area contributed by atoms with E-state index in [9.17, 15) is 0 Å². The molecular weight excluding hydrogens is 172 g/mol. The lowest BCUT2D eigenvalue weighted by Crippen LogP contribution is -2.43. The van der Waals surface area contributed by atoms with Crippen molar-refractivity contribution in [2.75, 3.05) is 20.1 Å². The third kappa shape index (κ3) is 2.71. The van der Waals surface area contributed by atoms with Crippen LogP contribution in [0.2, 0.25) is 0 Å². The SMILES string of the molecule is CCC(C)(C)N(C)CC1(CCN)CC1. The highest BCUT2D eigenvalue weighted by atomic mass is 15.2. The fourth-order valence-electron chi connectivity index (χ4n) is 1.96. The van der Waals surface area contributed by atoms with Crippen molar-refractivity contribution in [2.24, 2.45) is 11.1 Å². The molecule has 0 spiro atoms. The largest absolute Gasteiger partial charge is 0.330 e. The first-order valence-electron chi connectivity index (χ1n) is 5.87. The summed E-state index contributed by atoms with van der Waals surface area (Å²) in [7, 11) is 2.25. The summed E-state index contributed by atoms with van der Waals surface area (Å²) < 4.78 is 0. The zero-order valence-corrected chi connectivity index (χ0v) is 10.3. The third-order valence-corrected chi connectivity index (χ3v) is 4.10. The van der Waals surface area contributed by atoms with Gasteiger partial charge in [0.05, 0.1) is 0 Å². The van der Waals surface area contributed by atoms with Crippen molar-refractivity contribution in [3.63, 3.8) is 0 Å². The van der Waals surface area contributed by atoms with Crippen molar-refractivity contribution in [3.05, 3.63) is 0 Å². The molecule has 1 aliphatic carbocycles. The molecule has 0 saturated heterocycles. The first-order valence-corrected chi connectivity index (χ1v) is 5.87. The van der Waals surface area contributed by atoms with Crippen LogP contribution in [0.1, 0.15) is 46.5 Å². The summed E-state index contributed by atoms with van der Waals surface area (Å²) in [5.74, 6) is 0. The molecule has 0 aromatic rings. The van der Waals surface area contributed by atoms with Gasteiger partial charge in [0.15, 0.2) is 0 Å². The molecule has 0 aromatic heterocycles. The first-order chi connectivity index (χ1) is 6.46. The van der Waals surface area contributed by atoms with Gasteiger partial charge in [-0.05, 0) is 58.5 Å². The summed E-state index contributed by atoms with van der Waals surface area (Å²) in [6.45, 7) is 8.99. The van der Waals surface area contributed by atoms with Crippen LogP contribution in [0.25, 0.3) is 0 Å². The van der Waals surface area contributed by atoms with Crippen LogP contribution in [0.5, 0.6) is 0 Å². The van der Waals surface area contributed by atoms with E-state index in [2.05, 4.69) is 32.7 Å². The summed E-state index contributed by atoms with van der Waals surface area (Å²) >= 11 is 0. The zero-order chi connectivity index (χ0) is 10.8. The van der Waals surface area contributed by atoms with Crippen LogP contribution in [0.15, 0.2) is 0 Å². The van der Waals surface area contributed by atoms with Crippen LogP contribution in [-0.2, 0) is 0 Å². The predicted octanol–water partition coefficient (Wildman–Crippen LogP) is 2.24. The Balaban J connectivity index is 2.44. The van der Waals surface area contributed by atoms with E-state index in [4.69, 9.17) is 5.73 Å². The molecule has 0 amide bonds. The second-order valence-corrected chi connectivity index (χ2v) is 5.56. The summed E-state index contributed by atoms with van der Waals surface area (Å²) in [4.78, 5) is 2.51. The number of rotatable bonds is 6. The Morgan fingerprint density at radius 2 is 1.93 bits per heavy atom. The fraction of sp³-hybridized carbons (Fsp3) is 1.00. The molecule has 14 heavy (non-hydrogen) atoms. The Kier molecular flexibility index (Phi) is 3.59. The maximum Gasteiger partial charge on any atom is 0.0147 e. The van der Waals surface area contributed by atoms with E-state index in [0.717, 1.165) is 6.54 Å². The number of nitrogens with two attached hydrogens (primary N) is 1. The van der Waals surface area contributed by atoms with E-state index in [1.165, 1.54) is 32.2 Å². The highest BCUT2D eigenvalue weighted by Gasteiger charge is 2.43. The molecule has 2 heteroatoms. The van der Waals surface area contributed by atoms with E-state index in [1.807, 2.05) is 0 Å². The van der Waals surface area contributed by atoms with Gasteiger partial charge in [-0.2, -0.15) is 0 Å². The van der Waals surface area contributed by atoms with E-state index in [0.29, 0.717) is 11.0 Å². The van der Waals surface area contributed by atoms with E-state index in [-0.39, 0.29) is 0 Å². The Morgan fingerprint density at radius 1 is 1.36 bits per heavy atom. The van der Waals surface area contributed by atoms with Crippen molar-refractivity contribution in [1.82, 2.24) is 4.90 Å². The van der Waals surface area contributed by atoms with Crippen molar-refractivity contribution in [3.8, 4) is 0 Å². The van der Waals surface area contributed by atoms with Gasteiger partial charge in [0.25, 0.3) is 0 Å². The van der Waals surface area contributed by atoms with Crippen LogP contribution < -0.4 is 5.73 Å². The van der Waals surface area contributed by atoms with Crippen molar-refractivity contribution < 1.29 is 0 Å². The lowest BCUT2D eigenvalue weighted by molar-refractivity contribution is 0.118. The molecule has 2 nitrogen and oxygen atoms in total. The van der Waals surface area contributed by atoms with Gasteiger partial charge in [-0.3, -0.25) is 0 Å². The number of hydrogen-bond donors (Lipinski definition) is 1. The van der Waals surface area contributed by atoms with E-state index < -0.39 is 0 Å². The molecule has 0 aromatic carbocycles. The van der Waals surface area contributed by atoms with Crippen molar-refractivity contribution in [1.29, 1.82) is 0 Å². The lowest BCUT2D eigenvalue weighted by atomic mass is 9.95. The van der Waals surface area contributed by atoms with Gasteiger partial charge < -0.3 is 10.6 Å². The predicted molar refractivity (Wildman–Crippen MR) is 62.3 cm³/mol. The second-order valence-electron chi connectivity index (χ2n) is 5.56. The summed E-state index contributed by atoms with van der Waals surface area (Å²) in [6.07, 6.45) is 5.18. The molecule has 0 unspecified atom stereocenters. The molecule has 0 aliphatic heterocycles. The van der Waals surface area contributed by atoms with Gasteiger partial charge in [-0.15, -0.1) is 0 Å². The van der Waals surface area contributed by atoms with E-state index in [1.54, 1.807) is 0 Å². The maximum atomic E-state index is 5.65. The first kappa shape index (κ1) is 12.0. The average molecular weight is 198 g/mol. The monoisotopic (exact) mass is 198 g/mol. The summed E-state index contributed by atoms with van der Waals surface area (Å²) in [5, 5.41) is 0. The van der Waals surface area contributed by atoms with Crippen LogP contribution in [0, 0.1) is 5.41 Å². The lowest BCUT2D eigenvalue weighted by Gasteiger charge is -2.37. The molecule has 1 aliphatic rings. The van der Waals surface area contributed by atoms with Gasteiger partial charge in [0.1, 0.15) is 0 Å². The summed E-state index contributed by atoms with van der Waals surface area (Å²) in [6, 6.07) is 0. The molecule has 0 atom stereocenters. The molecule has 1 rings (SSSR count). The van der Waals surface area contributed by atoms with Crippen molar-refractivity contribution in [2.45, 2.75) is 52.0 Å². The Labute approximate surface area is 88.8 Å². The third-order valence-electron chi connectivity index (χ3n) is 4.10. The minimum atomic E-state index is 0.337. The van der Waals surface area contributed by atoms with Gasteiger partial charge in [-0.1, -0.05) is 6.92 Å². The Morgan fingerprint density at radius 3 is 2.29 bits per heavy atom. The topological polar surface area (TPSA) is 29.3 Å². The quantitative estimate of drug-likeness (QED) is 0.709. The van der Waals surface area contributed by atoms with Crippen LogP contribution in [-0.4, -0.2) is 30.6 Å².